The van der Waals surface area contributed by atoms with E-state index in [1.165, 1.54) is 11.3 Å². The number of aryl methyl sites for hydroxylation is 2. The molecule has 3 N–H and O–H groups in total. The molecule has 2 rings (SSSR count). The molecule has 0 amide bonds. The molecule has 0 saturated heterocycles. The first-order chi connectivity index (χ1) is 8.94. The maximum absolute atomic E-state index is 12.2. The van der Waals surface area contributed by atoms with Crippen molar-refractivity contribution in [3.8, 4) is 0 Å². The van der Waals surface area contributed by atoms with Gasteiger partial charge in [0.05, 0.1) is 4.90 Å². The van der Waals surface area contributed by atoms with Crippen LogP contribution in [-0.4, -0.2) is 8.42 Å². The van der Waals surface area contributed by atoms with Crippen LogP contribution >= 0.6 is 22.7 Å². The molecule has 0 radical (unpaired) electrons. The summed E-state index contributed by atoms with van der Waals surface area (Å²) in [6, 6.07) is 3.64. The minimum Gasteiger partial charge on any atom is -0.326 e. The fourth-order valence-corrected chi connectivity index (χ4v) is 5.16. The van der Waals surface area contributed by atoms with Crippen LogP contribution < -0.4 is 10.5 Å². The van der Waals surface area contributed by atoms with Crippen LogP contribution in [0.1, 0.15) is 20.2 Å². The number of sulfonamides is 1. The Kier molecular flexibility index (Phi) is 4.42. The molecule has 7 heteroatoms. The number of nitrogens with two attached hydrogens (primary N) is 1. The van der Waals surface area contributed by atoms with E-state index in [-0.39, 0.29) is 0 Å². The number of nitrogens with one attached hydrogen (secondary N) is 1. The molecule has 0 aromatic carbocycles. The maximum atomic E-state index is 12.2. The van der Waals surface area contributed by atoms with Gasteiger partial charge in [-0.05, 0) is 36.9 Å². The Balaban J connectivity index is 2.18. The minimum atomic E-state index is -3.46. The van der Waals surface area contributed by atoms with Crippen molar-refractivity contribution in [1.82, 2.24) is 4.72 Å². The van der Waals surface area contributed by atoms with Crippen LogP contribution in [0.3, 0.4) is 0 Å². The van der Waals surface area contributed by atoms with Crippen molar-refractivity contribution in [2.45, 2.75) is 31.8 Å². The third-order valence-corrected chi connectivity index (χ3v) is 6.56. The van der Waals surface area contributed by atoms with E-state index < -0.39 is 10.0 Å². The fraction of sp³-hybridized carbons (Fsp3) is 0.333. The number of hydrogen-bond donors (Lipinski definition) is 2. The first-order valence-electron chi connectivity index (χ1n) is 5.76. The van der Waals surface area contributed by atoms with Crippen molar-refractivity contribution < 1.29 is 8.42 Å². The van der Waals surface area contributed by atoms with E-state index in [2.05, 4.69) is 4.72 Å². The van der Waals surface area contributed by atoms with Gasteiger partial charge >= 0.3 is 0 Å². The SMILES string of the molecule is Cc1ccsc1CNS(=O)(=O)c1cc(CN)sc1C. The molecule has 0 aliphatic heterocycles. The third kappa shape index (κ3) is 3.24. The number of rotatable bonds is 5. The zero-order valence-electron chi connectivity index (χ0n) is 10.8. The highest BCUT2D eigenvalue weighted by molar-refractivity contribution is 7.89. The highest BCUT2D eigenvalue weighted by atomic mass is 32.2. The quantitative estimate of drug-likeness (QED) is 0.889. The van der Waals surface area contributed by atoms with Crippen molar-refractivity contribution in [3.05, 3.63) is 37.7 Å². The van der Waals surface area contributed by atoms with Crippen LogP contribution in [0.2, 0.25) is 0 Å². The Hall–Kier alpha value is -0.730. The average molecular weight is 316 g/mol. The summed E-state index contributed by atoms with van der Waals surface area (Å²) in [5.74, 6) is 0. The van der Waals surface area contributed by atoms with Gasteiger partial charge in [-0.15, -0.1) is 22.7 Å². The van der Waals surface area contributed by atoms with Crippen LogP contribution in [0.4, 0.5) is 0 Å². The summed E-state index contributed by atoms with van der Waals surface area (Å²) >= 11 is 2.98. The van der Waals surface area contributed by atoms with Crippen molar-refractivity contribution in [1.29, 1.82) is 0 Å². The lowest BCUT2D eigenvalue weighted by Crippen LogP contribution is -2.23. The topological polar surface area (TPSA) is 72.2 Å². The third-order valence-electron chi connectivity index (χ3n) is 2.80. The standard InChI is InChI=1S/C12H16N2O2S3/c1-8-3-4-17-11(8)7-14-19(15,16)12-5-10(6-13)18-9(12)2/h3-5,14H,6-7,13H2,1-2H3. The average Bonchev–Trinajstić information content (AvgIpc) is 2.93. The Morgan fingerprint density at radius 1 is 1.37 bits per heavy atom. The van der Waals surface area contributed by atoms with E-state index in [9.17, 15) is 8.42 Å². The zero-order chi connectivity index (χ0) is 14.0. The Morgan fingerprint density at radius 2 is 2.11 bits per heavy atom. The summed E-state index contributed by atoms with van der Waals surface area (Å²) in [7, 11) is -3.46. The van der Waals surface area contributed by atoms with E-state index >= 15 is 0 Å². The normalized spacial score (nSPS) is 11.9. The molecule has 0 spiro atoms. The second-order valence-electron chi connectivity index (χ2n) is 4.19. The highest BCUT2D eigenvalue weighted by Crippen LogP contribution is 2.25. The van der Waals surface area contributed by atoms with E-state index in [0.29, 0.717) is 18.0 Å². The van der Waals surface area contributed by atoms with Gasteiger partial charge in [0.2, 0.25) is 10.0 Å². The molecule has 0 atom stereocenters. The van der Waals surface area contributed by atoms with Gasteiger partial charge in [-0.25, -0.2) is 13.1 Å². The lowest BCUT2D eigenvalue weighted by Gasteiger charge is -2.05. The Bertz CT molecular complexity index is 671. The van der Waals surface area contributed by atoms with Crippen molar-refractivity contribution in [3.63, 3.8) is 0 Å². The van der Waals surface area contributed by atoms with Crippen LogP contribution in [-0.2, 0) is 23.1 Å². The van der Waals surface area contributed by atoms with Gasteiger partial charge in [0.15, 0.2) is 0 Å². The zero-order valence-corrected chi connectivity index (χ0v) is 13.2. The fourth-order valence-electron chi connectivity index (χ4n) is 1.72. The van der Waals surface area contributed by atoms with Gasteiger partial charge in [0.25, 0.3) is 0 Å². The molecule has 0 aliphatic carbocycles. The summed E-state index contributed by atoms with van der Waals surface area (Å²) in [6.07, 6.45) is 0. The lowest BCUT2D eigenvalue weighted by molar-refractivity contribution is 0.581. The first kappa shape index (κ1) is 14.7. The molecule has 0 saturated carbocycles. The van der Waals surface area contributed by atoms with E-state index in [1.807, 2.05) is 18.4 Å². The van der Waals surface area contributed by atoms with E-state index in [4.69, 9.17) is 5.73 Å². The van der Waals surface area contributed by atoms with Gasteiger partial charge in [-0.2, -0.15) is 0 Å². The molecular formula is C12H16N2O2S3. The van der Waals surface area contributed by atoms with Crippen LogP contribution in [0.15, 0.2) is 22.4 Å². The molecular weight excluding hydrogens is 300 g/mol. The molecule has 2 heterocycles. The smallest absolute Gasteiger partial charge is 0.242 e. The van der Waals surface area contributed by atoms with Crippen LogP contribution in [0.5, 0.6) is 0 Å². The molecule has 2 aromatic heterocycles. The first-order valence-corrected chi connectivity index (χ1v) is 8.94. The monoisotopic (exact) mass is 316 g/mol. The van der Waals surface area contributed by atoms with Gasteiger partial charge in [0.1, 0.15) is 0 Å². The Morgan fingerprint density at radius 3 is 2.63 bits per heavy atom. The molecule has 0 bridgehead atoms. The van der Waals surface area contributed by atoms with Crippen molar-refractivity contribution in [2.75, 3.05) is 0 Å². The predicted molar refractivity (Wildman–Crippen MR) is 80.0 cm³/mol. The minimum absolute atomic E-state index is 0.332. The van der Waals surface area contributed by atoms with Crippen LogP contribution in [0.25, 0.3) is 0 Å². The molecule has 19 heavy (non-hydrogen) atoms. The van der Waals surface area contributed by atoms with Gasteiger partial charge in [0, 0.05) is 27.7 Å². The summed E-state index contributed by atoms with van der Waals surface area (Å²) in [5, 5.41) is 1.96. The Labute approximate surface area is 121 Å². The second kappa shape index (κ2) is 5.72. The summed E-state index contributed by atoms with van der Waals surface area (Å²) < 4.78 is 27.1. The molecule has 0 unspecified atom stereocenters. The molecule has 2 aromatic rings. The van der Waals surface area contributed by atoms with Crippen molar-refractivity contribution in [2.24, 2.45) is 5.73 Å². The van der Waals surface area contributed by atoms with Gasteiger partial charge in [-0.1, -0.05) is 0 Å². The summed E-state index contributed by atoms with van der Waals surface area (Å²) in [5.41, 5.74) is 6.65. The van der Waals surface area contributed by atoms with E-state index in [0.717, 1.165) is 20.2 Å². The van der Waals surface area contributed by atoms with Gasteiger partial charge in [-0.3, -0.25) is 0 Å². The van der Waals surface area contributed by atoms with Crippen molar-refractivity contribution >= 4 is 32.7 Å². The number of hydrogen-bond acceptors (Lipinski definition) is 5. The largest absolute Gasteiger partial charge is 0.326 e. The molecule has 4 nitrogen and oxygen atoms in total. The van der Waals surface area contributed by atoms with Crippen LogP contribution in [0, 0.1) is 13.8 Å². The number of thiophene rings is 2. The molecule has 104 valence electrons. The molecule has 0 aliphatic rings. The molecule has 0 fully saturated rings. The summed E-state index contributed by atoms with van der Waals surface area (Å²) in [6.45, 7) is 4.47. The van der Waals surface area contributed by atoms with Gasteiger partial charge < -0.3 is 5.73 Å². The highest BCUT2D eigenvalue weighted by Gasteiger charge is 2.19. The predicted octanol–water partition coefficient (Wildman–Crippen LogP) is 2.36. The van der Waals surface area contributed by atoms with E-state index in [1.54, 1.807) is 24.3 Å². The second-order valence-corrected chi connectivity index (χ2v) is 8.27. The lowest BCUT2D eigenvalue weighted by atomic mass is 10.3. The summed E-state index contributed by atoms with van der Waals surface area (Å²) in [4.78, 5) is 3.03. The maximum Gasteiger partial charge on any atom is 0.242 e.